The Morgan fingerprint density at radius 2 is 2.10 bits per heavy atom. The first-order valence-corrected chi connectivity index (χ1v) is 3.21. The lowest BCUT2D eigenvalue weighted by atomic mass is 10.0. The van der Waals surface area contributed by atoms with Gasteiger partial charge in [0.2, 0.25) is 0 Å². The Morgan fingerprint density at radius 3 is 2.20 bits per heavy atom. The van der Waals surface area contributed by atoms with Crippen molar-refractivity contribution in [2.45, 2.75) is 25.7 Å². The highest BCUT2D eigenvalue weighted by molar-refractivity contribution is 5.01. The number of halogens is 2. The van der Waals surface area contributed by atoms with E-state index in [1.165, 1.54) is 0 Å². The fourth-order valence-electron chi connectivity index (χ4n) is 1.02. The van der Waals surface area contributed by atoms with Crippen molar-refractivity contribution in [1.82, 2.24) is 0 Å². The molecule has 1 fully saturated rings. The van der Waals surface area contributed by atoms with E-state index in [1.807, 2.05) is 0 Å². The lowest BCUT2D eigenvalue weighted by Gasteiger charge is -2.20. The molecule has 0 spiro atoms. The van der Waals surface area contributed by atoms with Gasteiger partial charge < -0.3 is 4.84 Å². The third-order valence-electron chi connectivity index (χ3n) is 2.14. The van der Waals surface area contributed by atoms with Gasteiger partial charge in [0, 0.05) is 0 Å². The van der Waals surface area contributed by atoms with Gasteiger partial charge in [-0.1, -0.05) is 0 Å². The third kappa shape index (κ3) is 1.13. The van der Waals surface area contributed by atoms with Gasteiger partial charge in [0.1, 0.15) is 0 Å². The molecule has 1 aliphatic carbocycles. The van der Waals surface area contributed by atoms with E-state index in [4.69, 9.17) is 5.90 Å². The van der Waals surface area contributed by atoms with Crippen molar-refractivity contribution in [2.75, 3.05) is 6.61 Å². The van der Waals surface area contributed by atoms with Gasteiger partial charge in [0.05, 0.1) is 12.0 Å². The second-order valence-corrected chi connectivity index (χ2v) is 2.98. The summed E-state index contributed by atoms with van der Waals surface area (Å²) in [5.74, 6) is 2.07. The van der Waals surface area contributed by atoms with Crippen LogP contribution < -0.4 is 5.90 Å². The van der Waals surface area contributed by atoms with Gasteiger partial charge in [-0.2, -0.15) is 0 Å². The van der Waals surface area contributed by atoms with E-state index in [0.29, 0.717) is 12.8 Å². The zero-order valence-electron chi connectivity index (χ0n) is 5.86. The van der Waals surface area contributed by atoms with Gasteiger partial charge in [-0.15, -0.1) is 0 Å². The molecule has 0 saturated heterocycles. The molecule has 0 unspecified atom stereocenters. The molecule has 1 saturated carbocycles. The summed E-state index contributed by atoms with van der Waals surface area (Å²) in [5.41, 5.74) is -0.943. The fraction of sp³-hybridized carbons (Fsp3) is 1.00. The van der Waals surface area contributed by atoms with Gasteiger partial charge in [0.15, 0.2) is 0 Å². The third-order valence-corrected chi connectivity index (χ3v) is 2.14. The topological polar surface area (TPSA) is 35.2 Å². The Hall–Kier alpha value is -0.220. The largest absolute Gasteiger partial charge is 0.304 e. The van der Waals surface area contributed by atoms with E-state index < -0.39 is 11.3 Å². The summed E-state index contributed by atoms with van der Waals surface area (Å²) in [5, 5.41) is 0. The van der Waals surface area contributed by atoms with E-state index >= 15 is 0 Å². The Bertz CT molecular complexity index is 128. The molecule has 2 N–H and O–H groups in total. The zero-order valence-corrected chi connectivity index (χ0v) is 5.86. The van der Waals surface area contributed by atoms with Crippen LogP contribution in [0.4, 0.5) is 8.78 Å². The molecule has 60 valence electrons. The van der Waals surface area contributed by atoms with Crippen molar-refractivity contribution in [3.05, 3.63) is 0 Å². The van der Waals surface area contributed by atoms with Crippen molar-refractivity contribution in [2.24, 2.45) is 11.3 Å². The molecule has 10 heavy (non-hydrogen) atoms. The van der Waals surface area contributed by atoms with E-state index in [1.54, 1.807) is 0 Å². The molecule has 4 heteroatoms. The van der Waals surface area contributed by atoms with Gasteiger partial charge in [0.25, 0.3) is 5.92 Å². The van der Waals surface area contributed by atoms with Crippen LogP contribution in [-0.4, -0.2) is 12.5 Å². The minimum atomic E-state index is -2.65. The Morgan fingerprint density at radius 1 is 1.60 bits per heavy atom. The Labute approximate surface area is 58.3 Å². The molecular weight excluding hydrogens is 140 g/mol. The molecule has 0 atom stereocenters. The van der Waals surface area contributed by atoms with Gasteiger partial charge >= 0.3 is 0 Å². The lowest BCUT2D eigenvalue weighted by Crippen LogP contribution is -2.31. The standard InChI is InChI=1S/C6H11F2NO/c1-5(7,8)6(2-3-6)4-10-9/h2-4,9H2,1H3. The van der Waals surface area contributed by atoms with Crippen molar-refractivity contribution in [3.8, 4) is 0 Å². The highest BCUT2D eigenvalue weighted by Crippen LogP contribution is 2.56. The van der Waals surface area contributed by atoms with Crippen molar-refractivity contribution < 1.29 is 13.6 Å². The summed E-state index contributed by atoms with van der Waals surface area (Å²) < 4.78 is 25.2. The molecule has 0 aliphatic heterocycles. The van der Waals surface area contributed by atoms with Crippen LogP contribution in [0.25, 0.3) is 0 Å². The van der Waals surface area contributed by atoms with Crippen LogP contribution in [0.2, 0.25) is 0 Å². The molecule has 0 radical (unpaired) electrons. The first-order valence-electron chi connectivity index (χ1n) is 3.21. The van der Waals surface area contributed by atoms with Crippen molar-refractivity contribution in [3.63, 3.8) is 0 Å². The molecule has 0 bridgehead atoms. The van der Waals surface area contributed by atoms with Crippen LogP contribution in [0.15, 0.2) is 0 Å². The van der Waals surface area contributed by atoms with Crippen molar-refractivity contribution >= 4 is 0 Å². The molecule has 1 aliphatic rings. The minimum Gasteiger partial charge on any atom is -0.304 e. The SMILES string of the molecule is CC(F)(F)C1(CON)CC1. The number of hydrogen-bond donors (Lipinski definition) is 1. The first kappa shape index (κ1) is 7.88. The minimum absolute atomic E-state index is 0.0312. The van der Waals surface area contributed by atoms with Gasteiger partial charge in [-0.25, -0.2) is 14.7 Å². The van der Waals surface area contributed by atoms with E-state index in [9.17, 15) is 8.78 Å². The summed E-state index contributed by atoms with van der Waals surface area (Å²) in [6.07, 6.45) is 1.04. The second kappa shape index (κ2) is 2.13. The number of hydrogen-bond acceptors (Lipinski definition) is 2. The maximum atomic E-state index is 12.6. The summed E-state index contributed by atoms with van der Waals surface area (Å²) in [7, 11) is 0. The van der Waals surface area contributed by atoms with Gasteiger partial charge in [-0.05, 0) is 19.8 Å². The Kier molecular flexibility index (Phi) is 1.68. The van der Waals surface area contributed by atoms with Crippen LogP contribution >= 0.6 is 0 Å². The highest BCUT2D eigenvalue weighted by Gasteiger charge is 2.59. The number of rotatable bonds is 3. The van der Waals surface area contributed by atoms with E-state index in [0.717, 1.165) is 6.92 Å². The van der Waals surface area contributed by atoms with Crippen LogP contribution in [0.1, 0.15) is 19.8 Å². The summed E-state index contributed by atoms with van der Waals surface area (Å²) in [6, 6.07) is 0. The molecule has 0 aromatic rings. The molecule has 0 heterocycles. The van der Waals surface area contributed by atoms with E-state index in [-0.39, 0.29) is 6.61 Å². The summed E-state index contributed by atoms with van der Waals surface area (Å²) in [4.78, 5) is 4.22. The molecule has 0 aromatic carbocycles. The smallest absolute Gasteiger partial charge is 0.253 e. The molecule has 1 rings (SSSR count). The van der Waals surface area contributed by atoms with Crippen LogP contribution in [0.3, 0.4) is 0 Å². The van der Waals surface area contributed by atoms with E-state index in [2.05, 4.69) is 4.84 Å². The summed E-state index contributed by atoms with van der Waals surface area (Å²) >= 11 is 0. The lowest BCUT2D eigenvalue weighted by molar-refractivity contribution is -0.0889. The zero-order chi connectivity index (χ0) is 7.83. The maximum Gasteiger partial charge on any atom is 0.253 e. The highest BCUT2D eigenvalue weighted by atomic mass is 19.3. The number of nitrogens with two attached hydrogens (primary N) is 1. The average molecular weight is 151 g/mol. The predicted molar refractivity (Wildman–Crippen MR) is 32.4 cm³/mol. The predicted octanol–water partition coefficient (Wildman–Crippen LogP) is 1.31. The second-order valence-electron chi connectivity index (χ2n) is 2.98. The molecule has 2 nitrogen and oxygen atoms in total. The summed E-state index contributed by atoms with van der Waals surface area (Å²) in [6.45, 7) is 0.884. The first-order chi connectivity index (χ1) is 4.52. The number of alkyl halides is 2. The fourth-order valence-corrected chi connectivity index (χ4v) is 1.02. The average Bonchev–Trinajstić information content (AvgIpc) is 2.45. The molecule has 0 aromatic heterocycles. The normalized spacial score (nSPS) is 22.8. The maximum absolute atomic E-state index is 12.6. The molecule has 0 amide bonds. The molecular formula is C6H11F2NO. The monoisotopic (exact) mass is 151 g/mol. The quantitative estimate of drug-likeness (QED) is 0.617. The van der Waals surface area contributed by atoms with Gasteiger partial charge in [-0.3, -0.25) is 0 Å². The van der Waals surface area contributed by atoms with Crippen molar-refractivity contribution in [1.29, 1.82) is 0 Å². The van der Waals surface area contributed by atoms with Crippen LogP contribution in [-0.2, 0) is 4.84 Å². The van der Waals surface area contributed by atoms with Crippen LogP contribution in [0, 0.1) is 5.41 Å². The Balaban J connectivity index is 2.52. The van der Waals surface area contributed by atoms with Crippen LogP contribution in [0.5, 0.6) is 0 Å².